The quantitative estimate of drug-likeness (QED) is 0.632. The van der Waals surface area contributed by atoms with Gasteiger partial charge in [0.25, 0.3) is 0 Å². The zero-order valence-corrected chi connectivity index (χ0v) is 18.8. The Hall–Kier alpha value is -2.04. The molecule has 0 bridgehead atoms. The number of amides is 2. The van der Waals surface area contributed by atoms with Crippen LogP contribution < -0.4 is 5.32 Å². The molecule has 156 valence electrons. The Balaban J connectivity index is 2.24. The first-order chi connectivity index (χ1) is 13.7. The number of hydrogen-bond acceptors (Lipinski definition) is 2. The Morgan fingerprint density at radius 2 is 1.69 bits per heavy atom. The molecule has 1 atom stereocenters. The molecule has 1 N–H and O–H groups in total. The minimum absolute atomic E-state index is 0.132. The molecular formula is C23H28Cl2N2O2. The van der Waals surface area contributed by atoms with Crippen LogP contribution in [0, 0.1) is 12.8 Å². The second kappa shape index (κ2) is 10.7. The third-order valence-corrected chi connectivity index (χ3v) is 5.27. The Morgan fingerprint density at radius 1 is 1.03 bits per heavy atom. The van der Waals surface area contributed by atoms with Crippen LogP contribution in [0.1, 0.15) is 37.5 Å². The lowest BCUT2D eigenvalue weighted by Gasteiger charge is -2.29. The smallest absolute Gasteiger partial charge is 0.242 e. The zero-order chi connectivity index (χ0) is 21.6. The number of nitrogens with one attached hydrogen (secondary N) is 1. The Morgan fingerprint density at radius 3 is 2.28 bits per heavy atom. The number of nitrogens with zero attached hydrogens (tertiary/aromatic N) is 1. The zero-order valence-electron chi connectivity index (χ0n) is 17.3. The summed E-state index contributed by atoms with van der Waals surface area (Å²) in [6.45, 7) is 8.59. The van der Waals surface area contributed by atoms with Gasteiger partial charge in [-0.3, -0.25) is 9.59 Å². The van der Waals surface area contributed by atoms with Gasteiger partial charge in [0, 0.05) is 23.1 Å². The van der Waals surface area contributed by atoms with Gasteiger partial charge in [-0.2, -0.15) is 0 Å². The van der Waals surface area contributed by atoms with Crippen molar-refractivity contribution in [1.82, 2.24) is 10.2 Å². The van der Waals surface area contributed by atoms with E-state index in [1.807, 2.05) is 45.0 Å². The third-order valence-electron chi connectivity index (χ3n) is 4.68. The van der Waals surface area contributed by atoms with E-state index in [4.69, 9.17) is 23.2 Å². The predicted octanol–water partition coefficient (Wildman–Crippen LogP) is 5.03. The van der Waals surface area contributed by atoms with Crippen LogP contribution in [-0.4, -0.2) is 29.3 Å². The van der Waals surface area contributed by atoms with E-state index in [0.29, 0.717) is 22.5 Å². The molecule has 0 aliphatic carbocycles. The Bertz CT molecular complexity index is 850. The van der Waals surface area contributed by atoms with Crippen LogP contribution in [0.15, 0.2) is 42.5 Å². The summed E-state index contributed by atoms with van der Waals surface area (Å²) < 4.78 is 0. The number of aryl methyl sites for hydroxylation is 1. The van der Waals surface area contributed by atoms with Gasteiger partial charge in [-0.1, -0.05) is 72.9 Å². The van der Waals surface area contributed by atoms with Crippen LogP contribution in [0.5, 0.6) is 0 Å². The maximum Gasteiger partial charge on any atom is 0.242 e. The Kier molecular flexibility index (Phi) is 8.54. The van der Waals surface area contributed by atoms with E-state index in [1.54, 1.807) is 30.0 Å². The third kappa shape index (κ3) is 7.06. The van der Waals surface area contributed by atoms with Crippen molar-refractivity contribution < 1.29 is 9.59 Å². The number of benzene rings is 2. The van der Waals surface area contributed by atoms with Crippen LogP contribution in [0.2, 0.25) is 10.0 Å². The summed E-state index contributed by atoms with van der Waals surface area (Å²) in [5.74, 6) is 0.0154. The molecule has 0 saturated carbocycles. The first kappa shape index (κ1) is 23.2. The number of halogens is 2. The average Bonchev–Trinajstić information content (AvgIpc) is 2.66. The van der Waals surface area contributed by atoms with E-state index >= 15 is 0 Å². The first-order valence-electron chi connectivity index (χ1n) is 9.74. The van der Waals surface area contributed by atoms with Gasteiger partial charge in [0.1, 0.15) is 6.04 Å². The molecule has 2 rings (SSSR count). The number of carbonyl (C=O) groups excluding carboxylic acids is 2. The maximum absolute atomic E-state index is 13.1. The van der Waals surface area contributed by atoms with Crippen LogP contribution in [0.25, 0.3) is 0 Å². The summed E-state index contributed by atoms with van der Waals surface area (Å²) in [6.07, 6.45) is 0.216. The van der Waals surface area contributed by atoms with Gasteiger partial charge >= 0.3 is 0 Å². The molecule has 0 aliphatic heterocycles. The largest absolute Gasteiger partial charge is 0.354 e. The van der Waals surface area contributed by atoms with Crippen molar-refractivity contribution >= 4 is 35.0 Å². The molecule has 4 nitrogen and oxygen atoms in total. The monoisotopic (exact) mass is 434 g/mol. The molecule has 2 aromatic carbocycles. The van der Waals surface area contributed by atoms with Crippen molar-refractivity contribution in [2.24, 2.45) is 5.92 Å². The topological polar surface area (TPSA) is 49.4 Å². The van der Waals surface area contributed by atoms with Crippen LogP contribution in [0.4, 0.5) is 0 Å². The molecule has 6 heteroatoms. The molecule has 0 aliphatic rings. The normalized spacial score (nSPS) is 12.0. The lowest BCUT2D eigenvalue weighted by atomic mass is 10.1. The number of rotatable bonds is 8. The van der Waals surface area contributed by atoms with Crippen LogP contribution >= 0.6 is 23.2 Å². The van der Waals surface area contributed by atoms with Crippen molar-refractivity contribution in [3.05, 3.63) is 69.2 Å². The minimum atomic E-state index is -0.626. The molecule has 2 aromatic rings. The molecule has 0 spiro atoms. The van der Waals surface area contributed by atoms with Gasteiger partial charge in [-0.15, -0.1) is 0 Å². The fraction of sp³-hybridized carbons (Fsp3) is 0.391. The molecular weight excluding hydrogens is 407 g/mol. The predicted molar refractivity (Wildman–Crippen MR) is 119 cm³/mol. The van der Waals surface area contributed by atoms with Gasteiger partial charge in [-0.25, -0.2) is 0 Å². The van der Waals surface area contributed by atoms with E-state index in [1.165, 1.54) is 0 Å². The SMILES string of the molecule is Cc1ccc(CC(=O)N(Cc2ccc(Cl)cc2Cl)[C@H](C)C(=O)NCC(C)C)cc1. The molecule has 0 saturated heterocycles. The highest BCUT2D eigenvalue weighted by Gasteiger charge is 2.26. The van der Waals surface area contributed by atoms with Crippen molar-refractivity contribution in [3.63, 3.8) is 0 Å². The van der Waals surface area contributed by atoms with Gasteiger partial charge in [-0.05, 0) is 43.0 Å². The molecule has 0 aromatic heterocycles. The molecule has 0 unspecified atom stereocenters. The van der Waals surface area contributed by atoms with E-state index in [2.05, 4.69) is 5.32 Å². The second-order valence-electron chi connectivity index (χ2n) is 7.73. The average molecular weight is 435 g/mol. The standard InChI is InChI=1S/C23H28Cl2N2O2/c1-15(2)13-26-23(29)17(4)27(14-19-9-10-20(24)12-21(19)25)22(28)11-18-7-5-16(3)6-8-18/h5-10,12,15,17H,11,13-14H2,1-4H3,(H,26,29)/t17-/m1/s1. The lowest BCUT2D eigenvalue weighted by molar-refractivity contribution is -0.140. The highest BCUT2D eigenvalue weighted by molar-refractivity contribution is 6.35. The fourth-order valence-electron chi connectivity index (χ4n) is 2.85. The molecule has 0 radical (unpaired) electrons. The summed E-state index contributed by atoms with van der Waals surface area (Å²) in [7, 11) is 0. The number of hydrogen-bond donors (Lipinski definition) is 1. The number of carbonyl (C=O) groups is 2. The first-order valence-corrected chi connectivity index (χ1v) is 10.5. The summed E-state index contributed by atoms with van der Waals surface area (Å²) in [4.78, 5) is 27.4. The van der Waals surface area contributed by atoms with Gasteiger partial charge in [0.05, 0.1) is 6.42 Å². The summed E-state index contributed by atoms with van der Waals surface area (Å²) in [6, 6.07) is 12.4. The summed E-state index contributed by atoms with van der Waals surface area (Å²) >= 11 is 12.3. The second-order valence-corrected chi connectivity index (χ2v) is 8.58. The lowest BCUT2D eigenvalue weighted by Crippen LogP contribution is -2.48. The van der Waals surface area contributed by atoms with Gasteiger partial charge in [0.15, 0.2) is 0 Å². The van der Waals surface area contributed by atoms with Crippen LogP contribution in [-0.2, 0) is 22.6 Å². The molecule has 2 amide bonds. The Labute approximate surface area is 183 Å². The van der Waals surface area contributed by atoms with E-state index in [9.17, 15) is 9.59 Å². The molecule has 29 heavy (non-hydrogen) atoms. The van der Waals surface area contributed by atoms with E-state index < -0.39 is 6.04 Å². The van der Waals surface area contributed by atoms with Gasteiger partial charge in [0.2, 0.25) is 11.8 Å². The highest BCUT2D eigenvalue weighted by atomic mass is 35.5. The van der Waals surface area contributed by atoms with Crippen molar-refractivity contribution in [2.45, 2.75) is 46.7 Å². The van der Waals surface area contributed by atoms with E-state index in [-0.39, 0.29) is 24.8 Å². The van der Waals surface area contributed by atoms with E-state index in [0.717, 1.165) is 16.7 Å². The summed E-state index contributed by atoms with van der Waals surface area (Å²) in [5, 5.41) is 3.91. The highest BCUT2D eigenvalue weighted by Crippen LogP contribution is 2.23. The van der Waals surface area contributed by atoms with Gasteiger partial charge < -0.3 is 10.2 Å². The fourth-order valence-corrected chi connectivity index (χ4v) is 3.32. The molecule has 0 heterocycles. The maximum atomic E-state index is 13.1. The minimum Gasteiger partial charge on any atom is -0.354 e. The van der Waals surface area contributed by atoms with Crippen LogP contribution in [0.3, 0.4) is 0 Å². The summed E-state index contributed by atoms with van der Waals surface area (Å²) in [5.41, 5.74) is 2.78. The molecule has 0 fully saturated rings. The van der Waals surface area contributed by atoms with Crippen molar-refractivity contribution in [2.75, 3.05) is 6.54 Å². The van der Waals surface area contributed by atoms with Crippen molar-refractivity contribution in [1.29, 1.82) is 0 Å². The van der Waals surface area contributed by atoms with Crippen molar-refractivity contribution in [3.8, 4) is 0 Å².